The van der Waals surface area contributed by atoms with E-state index in [1.807, 2.05) is 0 Å². The Kier molecular flexibility index (Phi) is 4.64. The van der Waals surface area contributed by atoms with E-state index in [2.05, 4.69) is 15.9 Å². The molecule has 21 heavy (non-hydrogen) atoms. The molecule has 0 saturated heterocycles. The molecule has 0 fully saturated rings. The molecule has 2 rings (SSSR count). The third-order valence-corrected chi connectivity index (χ3v) is 3.39. The predicted molar refractivity (Wildman–Crippen MR) is 76.3 cm³/mol. The molecule has 0 amide bonds. The number of carbonyl (C=O) groups excluding carboxylic acids is 1. The topological polar surface area (TPSA) is 69.4 Å². The van der Waals surface area contributed by atoms with Crippen LogP contribution in [0, 0.1) is 15.9 Å². The fourth-order valence-electron chi connectivity index (χ4n) is 1.62. The summed E-state index contributed by atoms with van der Waals surface area (Å²) < 4.78 is 18.7. The van der Waals surface area contributed by atoms with Crippen LogP contribution in [0.2, 0.25) is 0 Å². The second kappa shape index (κ2) is 6.45. The van der Waals surface area contributed by atoms with Crippen molar-refractivity contribution in [1.82, 2.24) is 0 Å². The Labute approximate surface area is 127 Å². The SMILES string of the molecule is O=C(OCc1ccccc1F)c1cc([N+](=O)[O-])ccc1Br. The van der Waals surface area contributed by atoms with Gasteiger partial charge < -0.3 is 4.74 Å². The van der Waals surface area contributed by atoms with Crippen LogP contribution in [0.1, 0.15) is 15.9 Å². The van der Waals surface area contributed by atoms with E-state index in [9.17, 15) is 19.3 Å². The van der Waals surface area contributed by atoms with E-state index in [1.54, 1.807) is 6.07 Å². The monoisotopic (exact) mass is 353 g/mol. The Morgan fingerprint density at radius 3 is 2.67 bits per heavy atom. The maximum Gasteiger partial charge on any atom is 0.339 e. The molecule has 0 radical (unpaired) electrons. The molecule has 0 N–H and O–H groups in total. The molecule has 2 aromatic carbocycles. The van der Waals surface area contributed by atoms with Gasteiger partial charge in [-0.15, -0.1) is 0 Å². The largest absolute Gasteiger partial charge is 0.457 e. The highest BCUT2D eigenvalue weighted by Gasteiger charge is 2.17. The minimum absolute atomic E-state index is 0.0144. The first-order valence-corrected chi connectivity index (χ1v) is 6.63. The summed E-state index contributed by atoms with van der Waals surface area (Å²) in [4.78, 5) is 22.0. The van der Waals surface area contributed by atoms with Crippen LogP contribution >= 0.6 is 15.9 Å². The lowest BCUT2D eigenvalue weighted by Gasteiger charge is -2.07. The molecule has 0 bridgehead atoms. The zero-order valence-corrected chi connectivity index (χ0v) is 12.2. The Bertz CT molecular complexity index is 705. The Morgan fingerprint density at radius 1 is 1.29 bits per heavy atom. The first kappa shape index (κ1) is 15.1. The Hall–Kier alpha value is -2.28. The van der Waals surface area contributed by atoms with Gasteiger partial charge in [0, 0.05) is 22.2 Å². The van der Waals surface area contributed by atoms with Crippen molar-refractivity contribution in [3.63, 3.8) is 0 Å². The van der Waals surface area contributed by atoms with Crippen molar-refractivity contribution in [2.24, 2.45) is 0 Å². The van der Waals surface area contributed by atoms with E-state index in [-0.39, 0.29) is 23.4 Å². The minimum atomic E-state index is -0.770. The highest BCUT2D eigenvalue weighted by molar-refractivity contribution is 9.10. The van der Waals surface area contributed by atoms with Gasteiger partial charge in [0.05, 0.1) is 10.5 Å². The number of nitrogens with zero attached hydrogens (tertiary/aromatic N) is 1. The number of nitro groups is 1. The molecule has 0 heterocycles. The summed E-state index contributed by atoms with van der Waals surface area (Å²) >= 11 is 3.12. The summed E-state index contributed by atoms with van der Waals surface area (Å²) in [6, 6.07) is 9.65. The molecule has 0 saturated carbocycles. The summed E-state index contributed by atoms with van der Waals surface area (Å²) in [5, 5.41) is 10.7. The third kappa shape index (κ3) is 3.63. The molecule has 7 heteroatoms. The lowest BCUT2D eigenvalue weighted by molar-refractivity contribution is -0.384. The minimum Gasteiger partial charge on any atom is -0.457 e. The number of nitro benzene ring substituents is 1. The number of hydrogen-bond donors (Lipinski definition) is 0. The van der Waals surface area contributed by atoms with Crippen LogP contribution in [0.25, 0.3) is 0 Å². The van der Waals surface area contributed by atoms with E-state index < -0.39 is 16.7 Å². The Balaban J connectivity index is 2.15. The molecule has 2 aromatic rings. The molecule has 0 aliphatic rings. The predicted octanol–water partition coefficient (Wildman–Crippen LogP) is 3.85. The van der Waals surface area contributed by atoms with Crippen molar-refractivity contribution in [3.8, 4) is 0 Å². The standard InChI is InChI=1S/C14H9BrFNO4/c15-12-6-5-10(17(19)20)7-11(12)14(18)21-8-9-3-1-2-4-13(9)16/h1-7H,8H2. The number of esters is 1. The average molecular weight is 354 g/mol. The van der Waals surface area contributed by atoms with Crippen molar-refractivity contribution in [1.29, 1.82) is 0 Å². The number of halogens is 2. The summed E-state index contributed by atoms with van der Waals surface area (Å²) in [7, 11) is 0. The van der Waals surface area contributed by atoms with Gasteiger partial charge >= 0.3 is 5.97 Å². The molecule has 108 valence electrons. The third-order valence-electron chi connectivity index (χ3n) is 2.70. The molecule has 0 aliphatic heterocycles. The number of rotatable bonds is 4. The van der Waals surface area contributed by atoms with Crippen LogP contribution in [0.4, 0.5) is 10.1 Å². The van der Waals surface area contributed by atoms with E-state index >= 15 is 0 Å². The van der Waals surface area contributed by atoms with Crippen molar-refractivity contribution in [3.05, 3.63) is 74.0 Å². The molecule has 5 nitrogen and oxygen atoms in total. The maximum absolute atomic E-state index is 13.4. The average Bonchev–Trinajstić information content (AvgIpc) is 2.46. The van der Waals surface area contributed by atoms with Gasteiger partial charge in [-0.25, -0.2) is 9.18 Å². The molecular formula is C14H9BrFNO4. The van der Waals surface area contributed by atoms with Gasteiger partial charge in [0.25, 0.3) is 5.69 Å². The summed E-state index contributed by atoms with van der Waals surface area (Å²) in [6.07, 6.45) is 0. The van der Waals surface area contributed by atoms with Crippen LogP contribution in [0.3, 0.4) is 0 Å². The highest BCUT2D eigenvalue weighted by atomic mass is 79.9. The van der Waals surface area contributed by atoms with Gasteiger partial charge in [0.1, 0.15) is 12.4 Å². The normalized spacial score (nSPS) is 10.2. The van der Waals surface area contributed by atoms with E-state index in [0.717, 1.165) is 6.07 Å². The quantitative estimate of drug-likeness (QED) is 0.475. The van der Waals surface area contributed by atoms with Gasteiger partial charge in [0.15, 0.2) is 0 Å². The van der Waals surface area contributed by atoms with Gasteiger partial charge in [-0.2, -0.15) is 0 Å². The van der Waals surface area contributed by atoms with Crippen LogP contribution in [-0.4, -0.2) is 10.9 Å². The molecule has 0 aromatic heterocycles. The lowest BCUT2D eigenvalue weighted by Crippen LogP contribution is -2.07. The zero-order valence-electron chi connectivity index (χ0n) is 10.6. The fraction of sp³-hybridized carbons (Fsp3) is 0.0714. The maximum atomic E-state index is 13.4. The van der Waals surface area contributed by atoms with Crippen LogP contribution in [-0.2, 0) is 11.3 Å². The van der Waals surface area contributed by atoms with Crippen LogP contribution < -0.4 is 0 Å². The Morgan fingerprint density at radius 2 is 2.00 bits per heavy atom. The highest BCUT2D eigenvalue weighted by Crippen LogP contribution is 2.23. The van der Waals surface area contributed by atoms with Gasteiger partial charge in [-0.3, -0.25) is 10.1 Å². The first-order chi connectivity index (χ1) is 9.99. The van der Waals surface area contributed by atoms with Gasteiger partial charge in [-0.1, -0.05) is 18.2 Å². The molecular weight excluding hydrogens is 345 g/mol. The smallest absolute Gasteiger partial charge is 0.339 e. The first-order valence-electron chi connectivity index (χ1n) is 5.83. The van der Waals surface area contributed by atoms with Crippen LogP contribution in [0.15, 0.2) is 46.9 Å². The van der Waals surface area contributed by atoms with Crippen molar-refractivity contribution in [2.45, 2.75) is 6.61 Å². The molecule has 0 unspecified atom stereocenters. The summed E-state index contributed by atoms with van der Waals surface area (Å²) in [5.41, 5.74) is 0.0176. The van der Waals surface area contributed by atoms with E-state index in [4.69, 9.17) is 4.74 Å². The molecule has 0 spiro atoms. The van der Waals surface area contributed by atoms with Crippen molar-refractivity contribution < 1.29 is 18.8 Å². The number of ether oxygens (including phenoxy) is 1. The summed E-state index contributed by atoms with van der Waals surface area (Å²) in [6.45, 7) is -0.249. The van der Waals surface area contributed by atoms with Crippen LogP contribution in [0.5, 0.6) is 0 Å². The number of hydrogen-bond acceptors (Lipinski definition) is 4. The number of benzene rings is 2. The van der Waals surface area contributed by atoms with Gasteiger partial charge in [0.2, 0.25) is 0 Å². The second-order valence-electron chi connectivity index (χ2n) is 4.09. The summed E-state index contributed by atoms with van der Waals surface area (Å²) in [5.74, 6) is -1.25. The van der Waals surface area contributed by atoms with Gasteiger partial charge in [-0.05, 0) is 28.1 Å². The lowest BCUT2D eigenvalue weighted by atomic mass is 10.2. The zero-order chi connectivity index (χ0) is 15.4. The van der Waals surface area contributed by atoms with E-state index in [0.29, 0.717) is 4.47 Å². The molecule has 0 aliphatic carbocycles. The van der Waals surface area contributed by atoms with Crippen molar-refractivity contribution >= 4 is 27.6 Å². The van der Waals surface area contributed by atoms with Crippen molar-refractivity contribution in [2.75, 3.05) is 0 Å². The van der Waals surface area contributed by atoms with E-state index in [1.165, 1.54) is 30.3 Å². The molecule has 0 atom stereocenters. The second-order valence-corrected chi connectivity index (χ2v) is 4.94. The number of non-ortho nitro benzene ring substituents is 1. The number of carbonyl (C=O) groups is 1. The fourth-order valence-corrected chi connectivity index (χ4v) is 2.03.